The number of hydrogen-bond acceptors (Lipinski definition) is 4. The van der Waals surface area contributed by atoms with Crippen LogP contribution in [0.3, 0.4) is 0 Å². The first-order valence-electron chi connectivity index (χ1n) is 11.2. The van der Waals surface area contributed by atoms with Crippen LogP contribution >= 0.6 is 34.8 Å². The van der Waals surface area contributed by atoms with Gasteiger partial charge in [0.2, 0.25) is 0 Å². The summed E-state index contributed by atoms with van der Waals surface area (Å²) in [5.41, 5.74) is 3.33. The number of hydrogen-bond donors (Lipinski definition) is 1. The molecule has 5 rings (SSSR count). The van der Waals surface area contributed by atoms with E-state index >= 15 is 0 Å². The Kier molecular flexibility index (Phi) is 7.46. The standard InChI is InChI=1S/C27H20Cl3N5O2/c28-22-11-6-18(14-23(22)29)15-35-16-24(30)26(33-35)31-27(36)25-12-13-34(32-25)17-37-21-9-7-20(8-10-21)19-4-2-1-3-5-19/h1-14,16H,15,17H2,(H,31,33,36). The third kappa shape index (κ3) is 6.14. The molecule has 0 atom stereocenters. The van der Waals surface area contributed by atoms with Gasteiger partial charge in [-0.25, -0.2) is 4.68 Å². The van der Waals surface area contributed by atoms with Crippen molar-refractivity contribution in [2.75, 3.05) is 5.32 Å². The van der Waals surface area contributed by atoms with E-state index in [1.807, 2.05) is 48.5 Å². The Balaban J connectivity index is 1.17. The third-order valence-electron chi connectivity index (χ3n) is 5.48. The van der Waals surface area contributed by atoms with E-state index in [0.29, 0.717) is 27.4 Å². The van der Waals surface area contributed by atoms with Crippen LogP contribution in [0.5, 0.6) is 5.75 Å². The Bertz CT molecular complexity index is 1530. The zero-order valence-electron chi connectivity index (χ0n) is 19.3. The minimum absolute atomic E-state index is 0.150. The molecular formula is C27H20Cl3N5O2. The molecule has 7 nitrogen and oxygen atoms in total. The number of amides is 1. The molecule has 0 spiro atoms. The van der Waals surface area contributed by atoms with Crippen molar-refractivity contribution >= 4 is 46.5 Å². The van der Waals surface area contributed by atoms with Crippen LogP contribution < -0.4 is 10.1 Å². The van der Waals surface area contributed by atoms with Crippen LogP contribution in [0.2, 0.25) is 15.1 Å². The molecule has 0 aliphatic heterocycles. The van der Waals surface area contributed by atoms with Gasteiger partial charge in [-0.15, -0.1) is 0 Å². The second-order valence-electron chi connectivity index (χ2n) is 8.13. The van der Waals surface area contributed by atoms with Gasteiger partial charge in [-0.3, -0.25) is 9.48 Å². The van der Waals surface area contributed by atoms with Crippen LogP contribution in [0.4, 0.5) is 5.82 Å². The Morgan fingerprint density at radius 3 is 2.32 bits per heavy atom. The van der Waals surface area contributed by atoms with E-state index in [0.717, 1.165) is 16.7 Å². The molecule has 5 aromatic rings. The molecule has 2 aromatic heterocycles. The van der Waals surface area contributed by atoms with Gasteiger partial charge in [-0.1, -0.05) is 83.3 Å². The summed E-state index contributed by atoms with van der Waals surface area (Å²) in [4.78, 5) is 12.7. The van der Waals surface area contributed by atoms with Gasteiger partial charge in [0.1, 0.15) is 10.8 Å². The molecule has 0 unspecified atom stereocenters. The number of nitrogens with zero attached hydrogens (tertiary/aromatic N) is 4. The zero-order chi connectivity index (χ0) is 25.8. The number of rotatable bonds is 8. The third-order valence-corrected chi connectivity index (χ3v) is 6.49. The molecule has 0 aliphatic rings. The summed E-state index contributed by atoms with van der Waals surface area (Å²) in [7, 11) is 0. The first kappa shape index (κ1) is 24.9. The van der Waals surface area contributed by atoms with Gasteiger partial charge in [-0.05, 0) is 47.0 Å². The summed E-state index contributed by atoms with van der Waals surface area (Å²) in [6.45, 7) is 0.557. The van der Waals surface area contributed by atoms with E-state index in [4.69, 9.17) is 39.5 Å². The highest BCUT2D eigenvalue weighted by atomic mass is 35.5. The summed E-state index contributed by atoms with van der Waals surface area (Å²) >= 11 is 18.3. The molecule has 0 bridgehead atoms. The lowest BCUT2D eigenvalue weighted by Crippen LogP contribution is -2.15. The van der Waals surface area contributed by atoms with Crippen molar-refractivity contribution in [3.8, 4) is 16.9 Å². The predicted molar refractivity (Wildman–Crippen MR) is 145 cm³/mol. The number of carbonyl (C=O) groups excluding carboxylic acids is 1. The van der Waals surface area contributed by atoms with Crippen molar-refractivity contribution in [2.45, 2.75) is 13.3 Å². The highest BCUT2D eigenvalue weighted by Crippen LogP contribution is 2.25. The zero-order valence-corrected chi connectivity index (χ0v) is 21.6. The molecule has 1 N–H and O–H groups in total. The maximum absolute atomic E-state index is 12.7. The lowest BCUT2D eigenvalue weighted by molar-refractivity contribution is 0.101. The number of benzene rings is 3. The maximum Gasteiger partial charge on any atom is 0.277 e. The smallest absolute Gasteiger partial charge is 0.277 e. The van der Waals surface area contributed by atoms with E-state index in [1.54, 1.807) is 35.3 Å². The summed E-state index contributed by atoms with van der Waals surface area (Å²) in [6.07, 6.45) is 3.28. The molecule has 3 aromatic carbocycles. The van der Waals surface area contributed by atoms with E-state index in [2.05, 4.69) is 27.6 Å². The highest BCUT2D eigenvalue weighted by Gasteiger charge is 2.15. The molecule has 10 heteroatoms. The van der Waals surface area contributed by atoms with E-state index < -0.39 is 5.91 Å². The van der Waals surface area contributed by atoms with Crippen LogP contribution in [0.1, 0.15) is 16.1 Å². The molecule has 186 valence electrons. The number of ether oxygens (including phenoxy) is 1. The Morgan fingerprint density at radius 1 is 0.811 bits per heavy atom. The van der Waals surface area contributed by atoms with Gasteiger partial charge in [0.05, 0.1) is 16.6 Å². The molecule has 0 radical (unpaired) electrons. The molecule has 1 amide bonds. The minimum Gasteiger partial charge on any atom is -0.471 e. The SMILES string of the molecule is O=C(Nc1nn(Cc2ccc(Cl)c(Cl)c2)cc1Cl)c1ccn(COc2ccc(-c3ccccc3)cc2)n1. The van der Waals surface area contributed by atoms with Crippen molar-refractivity contribution in [2.24, 2.45) is 0 Å². The van der Waals surface area contributed by atoms with Crippen LogP contribution in [-0.2, 0) is 13.3 Å². The molecule has 0 saturated carbocycles. The van der Waals surface area contributed by atoms with E-state index in [9.17, 15) is 4.79 Å². The molecule has 0 saturated heterocycles. The van der Waals surface area contributed by atoms with Crippen molar-refractivity contribution < 1.29 is 9.53 Å². The highest BCUT2D eigenvalue weighted by molar-refractivity contribution is 6.42. The van der Waals surface area contributed by atoms with Gasteiger partial charge in [0.15, 0.2) is 18.2 Å². The lowest BCUT2D eigenvalue weighted by Gasteiger charge is -2.07. The Hall–Kier alpha value is -3.78. The summed E-state index contributed by atoms with van der Waals surface area (Å²) in [5.74, 6) is 0.490. The predicted octanol–water partition coefficient (Wildman–Crippen LogP) is 7.04. The molecule has 0 fully saturated rings. The van der Waals surface area contributed by atoms with Crippen molar-refractivity contribution in [1.82, 2.24) is 19.6 Å². The monoisotopic (exact) mass is 551 g/mol. The largest absolute Gasteiger partial charge is 0.471 e. The first-order valence-corrected chi connectivity index (χ1v) is 12.4. The fourth-order valence-corrected chi connectivity index (χ4v) is 4.15. The fourth-order valence-electron chi connectivity index (χ4n) is 3.63. The number of anilines is 1. The molecule has 0 aliphatic carbocycles. The Morgan fingerprint density at radius 2 is 1.57 bits per heavy atom. The van der Waals surface area contributed by atoms with Gasteiger partial charge in [0, 0.05) is 12.4 Å². The Labute approximate surface area is 228 Å². The van der Waals surface area contributed by atoms with E-state index in [-0.39, 0.29) is 18.2 Å². The van der Waals surface area contributed by atoms with Gasteiger partial charge in [-0.2, -0.15) is 10.2 Å². The average Bonchev–Trinajstić information content (AvgIpc) is 3.52. The quantitative estimate of drug-likeness (QED) is 0.224. The van der Waals surface area contributed by atoms with Crippen LogP contribution in [0.15, 0.2) is 91.3 Å². The van der Waals surface area contributed by atoms with Gasteiger partial charge < -0.3 is 10.1 Å². The minimum atomic E-state index is -0.437. The fraction of sp³-hybridized carbons (Fsp3) is 0.0741. The molecule has 2 heterocycles. The number of nitrogens with one attached hydrogen (secondary N) is 1. The van der Waals surface area contributed by atoms with Crippen LogP contribution in [-0.4, -0.2) is 25.5 Å². The number of aromatic nitrogens is 4. The average molecular weight is 553 g/mol. The summed E-state index contributed by atoms with van der Waals surface area (Å²) < 4.78 is 8.94. The first-order chi connectivity index (χ1) is 17.9. The second kappa shape index (κ2) is 11.1. The second-order valence-corrected chi connectivity index (χ2v) is 9.35. The maximum atomic E-state index is 12.7. The normalized spacial score (nSPS) is 10.9. The summed E-state index contributed by atoms with van der Waals surface area (Å²) in [6, 6.07) is 24.8. The van der Waals surface area contributed by atoms with Gasteiger partial charge >= 0.3 is 0 Å². The van der Waals surface area contributed by atoms with Gasteiger partial charge in [0.25, 0.3) is 5.91 Å². The lowest BCUT2D eigenvalue weighted by atomic mass is 10.1. The topological polar surface area (TPSA) is 74.0 Å². The summed E-state index contributed by atoms with van der Waals surface area (Å²) in [5, 5.41) is 12.6. The van der Waals surface area contributed by atoms with Crippen molar-refractivity contribution in [3.05, 3.63) is 118 Å². The van der Waals surface area contributed by atoms with Crippen LogP contribution in [0, 0.1) is 0 Å². The van der Waals surface area contributed by atoms with Crippen molar-refractivity contribution in [3.63, 3.8) is 0 Å². The molecular weight excluding hydrogens is 533 g/mol. The van der Waals surface area contributed by atoms with Crippen molar-refractivity contribution in [1.29, 1.82) is 0 Å². The molecule has 37 heavy (non-hydrogen) atoms. The van der Waals surface area contributed by atoms with E-state index in [1.165, 1.54) is 4.68 Å². The number of carbonyl (C=O) groups is 1. The number of halogens is 3. The van der Waals surface area contributed by atoms with Crippen LogP contribution in [0.25, 0.3) is 11.1 Å².